The van der Waals surface area contributed by atoms with Crippen LogP contribution in [0.15, 0.2) is 28.8 Å². The highest BCUT2D eigenvalue weighted by molar-refractivity contribution is 5.87. The second-order valence-corrected chi connectivity index (χ2v) is 6.96. The number of amides is 1. The quantitative estimate of drug-likeness (QED) is 0.877. The first kappa shape index (κ1) is 16.2. The van der Waals surface area contributed by atoms with Crippen LogP contribution in [0.4, 0.5) is 0 Å². The molecule has 1 aromatic heterocycles. The van der Waals surface area contributed by atoms with Gasteiger partial charge >= 0.3 is 0 Å². The second-order valence-electron chi connectivity index (χ2n) is 6.96. The number of aliphatic hydroxyl groups is 1. The van der Waals surface area contributed by atoms with Crippen molar-refractivity contribution in [3.63, 3.8) is 0 Å². The maximum absolute atomic E-state index is 12.9. The summed E-state index contributed by atoms with van der Waals surface area (Å²) in [4.78, 5) is 21.1. The summed E-state index contributed by atoms with van der Waals surface area (Å²) in [6.45, 7) is 5.06. The van der Waals surface area contributed by atoms with E-state index in [9.17, 15) is 9.90 Å². The summed E-state index contributed by atoms with van der Waals surface area (Å²) >= 11 is 0. The molecule has 0 radical (unpaired) electrons. The molecule has 1 fully saturated rings. The molecule has 25 heavy (non-hydrogen) atoms. The summed E-state index contributed by atoms with van der Waals surface area (Å²) in [6, 6.07) is 7.88. The van der Waals surface area contributed by atoms with Crippen molar-refractivity contribution < 1.29 is 14.4 Å². The number of piperazine rings is 1. The molecule has 1 aromatic carbocycles. The van der Waals surface area contributed by atoms with Gasteiger partial charge in [-0.05, 0) is 18.1 Å². The van der Waals surface area contributed by atoms with E-state index in [1.807, 2.05) is 24.3 Å². The smallest absolute Gasteiger partial charge is 0.255 e. The van der Waals surface area contributed by atoms with Gasteiger partial charge in [-0.25, -0.2) is 0 Å². The van der Waals surface area contributed by atoms with Crippen LogP contribution in [0.1, 0.15) is 22.8 Å². The summed E-state index contributed by atoms with van der Waals surface area (Å²) in [5, 5.41) is 14.7. The Labute approximate surface area is 146 Å². The summed E-state index contributed by atoms with van der Waals surface area (Å²) in [6.07, 6.45) is 0.812. The molecule has 2 aromatic rings. The molecule has 1 N–H and O–H groups in total. The molecule has 2 heterocycles. The van der Waals surface area contributed by atoms with Crippen molar-refractivity contribution in [1.29, 1.82) is 0 Å². The topological polar surface area (TPSA) is 82.7 Å². The number of hydrogen-bond donors (Lipinski definition) is 1. The Bertz CT molecular complexity index is 755. The zero-order valence-corrected chi connectivity index (χ0v) is 14.3. The number of carbonyl (C=O) groups excluding carboxylic acids is 1. The first-order chi connectivity index (χ1) is 12.0. The molecule has 0 bridgehead atoms. The number of hydrogen-bond acceptors (Lipinski definition) is 6. The molecule has 0 atom stereocenters. The molecule has 0 spiro atoms. The van der Waals surface area contributed by atoms with E-state index < -0.39 is 5.60 Å². The van der Waals surface area contributed by atoms with Gasteiger partial charge in [-0.3, -0.25) is 9.69 Å². The summed E-state index contributed by atoms with van der Waals surface area (Å²) in [5.74, 6) is 1.07. The van der Waals surface area contributed by atoms with Crippen LogP contribution in [-0.4, -0.2) is 62.7 Å². The molecule has 1 aliphatic carbocycles. The van der Waals surface area contributed by atoms with Crippen LogP contribution in [0.5, 0.6) is 0 Å². The molecule has 7 nitrogen and oxygen atoms in total. The van der Waals surface area contributed by atoms with Crippen LogP contribution in [0.3, 0.4) is 0 Å². The van der Waals surface area contributed by atoms with Crippen LogP contribution in [0.25, 0.3) is 0 Å². The fourth-order valence-electron chi connectivity index (χ4n) is 3.75. The first-order valence-electron chi connectivity index (χ1n) is 8.64. The number of carbonyl (C=O) groups is 1. The molecule has 1 amide bonds. The maximum Gasteiger partial charge on any atom is 0.255 e. The predicted octanol–water partition coefficient (Wildman–Crippen LogP) is 0.552. The monoisotopic (exact) mass is 342 g/mol. The normalized spacial score (nSPS) is 19.8. The van der Waals surface area contributed by atoms with Gasteiger partial charge in [0, 0.05) is 39.0 Å². The van der Waals surface area contributed by atoms with Crippen molar-refractivity contribution >= 4 is 5.91 Å². The zero-order valence-electron chi connectivity index (χ0n) is 14.3. The van der Waals surface area contributed by atoms with Gasteiger partial charge in [-0.2, -0.15) is 4.98 Å². The average molecular weight is 342 g/mol. The number of nitrogens with zero attached hydrogens (tertiary/aromatic N) is 4. The summed E-state index contributed by atoms with van der Waals surface area (Å²) in [7, 11) is 0. The third kappa shape index (κ3) is 3.17. The third-order valence-electron chi connectivity index (χ3n) is 5.07. The van der Waals surface area contributed by atoms with E-state index in [-0.39, 0.29) is 5.91 Å². The highest BCUT2D eigenvalue weighted by Crippen LogP contribution is 2.31. The lowest BCUT2D eigenvalue weighted by Crippen LogP contribution is -2.56. The highest BCUT2D eigenvalue weighted by atomic mass is 16.5. The Morgan fingerprint density at radius 1 is 1.20 bits per heavy atom. The Hall–Kier alpha value is -2.25. The van der Waals surface area contributed by atoms with Crippen LogP contribution in [-0.2, 0) is 24.2 Å². The van der Waals surface area contributed by atoms with Gasteiger partial charge in [-0.1, -0.05) is 29.4 Å². The predicted molar refractivity (Wildman–Crippen MR) is 89.7 cm³/mol. The van der Waals surface area contributed by atoms with E-state index in [1.165, 1.54) is 0 Å². The molecule has 0 saturated carbocycles. The van der Waals surface area contributed by atoms with E-state index in [2.05, 4.69) is 15.0 Å². The largest absolute Gasteiger partial charge is 0.379 e. The molecule has 1 saturated heterocycles. The lowest BCUT2D eigenvalue weighted by molar-refractivity contribution is -0.152. The average Bonchev–Trinajstić information content (AvgIpc) is 3.17. The van der Waals surface area contributed by atoms with Crippen molar-refractivity contribution in [1.82, 2.24) is 19.9 Å². The molecular weight excluding hydrogens is 320 g/mol. The number of rotatable bonds is 3. The molecule has 0 unspecified atom stereocenters. The van der Waals surface area contributed by atoms with E-state index in [1.54, 1.807) is 11.8 Å². The van der Waals surface area contributed by atoms with Crippen molar-refractivity contribution in [2.45, 2.75) is 31.9 Å². The molecule has 4 rings (SSSR count). The standard InChI is InChI=1S/C18H22N4O3/c1-13-19-16(25-20-13)12-21-6-8-22(9-7-21)17(23)18(24)10-14-4-2-3-5-15(14)11-18/h2-5,24H,6-12H2,1H3. The van der Waals surface area contributed by atoms with Gasteiger partial charge in [-0.15, -0.1) is 0 Å². The van der Waals surface area contributed by atoms with Gasteiger partial charge in [0.25, 0.3) is 5.91 Å². The number of benzene rings is 1. The fraction of sp³-hybridized carbons (Fsp3) is 0.500. The van der Waals surface area contributed by atoms with E-state index in [4.69, 9.17) is 4.52 Å². The molecular formula is C18H22N4O3. The third-order valence-corrected chi connectivity index (χ3v) is 5.07. The molecule has 1 aliphatic heterocycles. The molecule has 7 heteroatoms. The lowest BCUT2D eigenvalue weighted by Gasteiger charge is -2.37. The first-order valence-corrected chi connectivity index (χ1v) is 8.64. The van der Waals surface area contributed by atoms with Gasteiger partial charge < -0.3 is 14.5 Å². The van der Waals surface area contributed by atoms with Crippen molar-refractivity contribution in [3.05, 3.63) is 47.1 Å². The second kappa shape index (κ2) is 6.24. The number of fused-ring (bicyclic) bond motifs is 1. The SMILES string of the molecule is Cc1noc(CN2CCN(C(=O)C3(O)Cc4ccccc4C3)CC2)n1. The van der Waals surface area contributed by atoms with Crippen molar-refractivity contribution in [2.24, 2.45) is 0 Å². The summed E-state index contributed by atoms with van der Waals surface area (Å²) < 4.78 is 5.15. The van der Waals surface area contributed by atoms with Gasteiger partial charge in [0.15, 0.2) is 11.4 Å². The Morgan fingerprint density at radius 3 is 2.40 bits per heavy atom. The number of aryl methyl sites for hydroxylation is 1. The molecule has 132 valence electrons. The highest BCUT2D eigenvalue weighted by Gasteiger charge is 2.44. The lowest BCUT2D eigenvalue weighted by atomic mass is 9.98. The van der Waals surface area contributed by atoms with Crippen LogP contribution >= 0.6 is 0 Å². The minimum Gasteiger partial charge on any atom is -0.379 e. The van der Waals surface area contributed by atoms with Crippen LogP contribution in [0, 0.1) is 6.92 Å². The zero-order chi connectivity index (χ0) is 17.4. The fourth-order valence-corrected chi connectivity index (χ4v) is 3.75. The van der Waals surface area contributed by atoms with Crippen LogP contribution < -0.4 is 0 Å². The summed E-state index contributed by atoms with van der Waals surface area (Å²) in [5.41, 5.74) is 0.850. The molecule has 2 aliphatic rings. The Morgan fingerprint density at radius 2 is 1.84 bits per heavy atom. The van der Waals surface area contributed by atoms with E-state index >= 15 is 0 Å². The Balaban J connectivity index is 1.35. The van der Waals surface area contributed by atoms with Crippen molar-refractivity contribution in [2.75, 3.05) is 26.2 Å². The van der Waals surface area contributed by atoms with Gasteiger partial charge in [0.05, 0.1) is 6.54 Å². The van der Waals surface area contributed by atoms with Gasteiger partial charge in [0.2, 0.25) is 5.89 Å². The number of aromatic nitrogens is 2. The maximum atomic E-state index is 12.9. The minimum atomic E-state index is -1.30. The minimum absolute atomic E-state index is 0.156. The van der Waals surface area contributed by atoms with Gasteiger partial charge in [0.1, 0.15) is 0 Å². The van der Waals surface area contributed by atoms with E-state index in [0.29, 0.717) is 44.2 Å². The van der Waals surface area contributed by atoms with Crippen molar-refractivity contribution in [3.8, 4) is 0 Å². The van der Waals surface area contributed by atoms with E-state index in [0.717, 1.165) is 24.2 Å². The van der Waals surface area contributed by atoms with Crippen LogP contribution in [0.2, 0.25) is 0 Å². The Kier molecular flexibility index (Phi) is 4.05.